The molecule has 1 aromatic heterocycles. The van der Waals surface area contributed by atoms with Gasteiger partial charge in [0.2, 0.25) is 15.9 Å². The molecule has 0 saturated carbocycles. The first-order valence-electron chi connectivity index (χ1n) is 10.1. The average molecular weight is 483 g/mol. The maximum Gasteiger partial charge on any atom is 0.243 e. The number of carbonyl (C=O) groups is 1. The van der Waals surface area contributed by atoms with Crippen LogP contribution in [0.5, 0.6) is 5.75 Å². The Kier molecular flexibility index (Phi) is 6.97. The summed E-state index contributed by atoms with van der Waals surface area (Å²) in [7, 11) is -2.45. The van der Waals surface area contributed by atoms with Crippen LogP contribution >= 0.6 is 11.7 Å². The van der Waals surface area contributed by atoms with Gasteiger partial charge in [0.05, 0.1) is 18.8 Å². The van der Waals surface area contributed by atoms with E-state index in [1.165, 1.54) is 6.07 Å². The molecule has 3 aromatic carbocycles. The fourth-order valence-corrected chi connectivity index (χ4v) is 5.30. The van der Waals surface area contributed by atoms with Crippen molar-refractivity contribution in [3.63, 3.8) is 0 Å². The fraction of sp³-hybridized carbons (Fsp3) is 0.174. The summed E-state index contributed by atoms with van der Waals surface area (Å²) in [6.45, 7) is 0.251. The first-order chi connectivity index (χ1) is 16.0. The number of ether oxygens (including phenoxy) is 1. The molecule has 8 nitrogen and oxygen atoms in total. The highest BCUT2D eigenvalue weighted by atomic mass is 32.2. The lowest BCUT2D eigenvalue weighted by Crippen LogP contribution is -2.47. The maximum atomic E-state index is 13.2. The van der Waals surface area contributed by atoms with Crippen molar-refractivity contribution >= 4 is 38.7 Å². The Morgan fingerprint density at radius 1 is 0.970 bits per heavy atom. The molecular weight excluding hydrogens is 460 g/mol. The Labute approximate surface area is 196 Å². The number of hydrogen-bond acceptors (Lipinski definition) is 7. The van der Waals surface area contributed by atoms with Gasteiger partial charge < -0.3 is 10.1 Å². The Morgan fingerprint density at radius 3 is 2.45 bits per heavy atom. The zero-order valence-electron chi connectivity index (χ0n) is 17.8. The number of nitrogens with one attached hydrogen (secondary N) is 2. The van der Waals surface area contributed by atoms with E-state index in [-0.39, 0.29) is 23.4 Å². The molecule has 2 N–H and O–H groups in total. The summed E-state index contributed by atoms with van der Waals surface area (Å²) in [6, 6.07) is 20.3. The Hall–Kier alpha value is -3.34. The SMILES string of the molecule is COc1ccc(CNC(=O)C(Cc2ccccc2)NS(=O)(=O)c2cccc3nsnc23)cc1. The van der Waals surface area contributed by atoms with Gasteiger partial charge in [0.1, 0.15) is 27.7 Å². The molecule has 0 aliphatic heterocycles. The largest absolute Gasteiger partial charge is 0.497 e. The van der Waals surface area contributed by atoms with Crippen LogP contribution in [0.2, 0.25) is 0 Å². The molecule has 0 saturated heterocycles. The summed E-state index contributed by atoms with van der Waals surface area (Å²) < 4.78 is 42.4. The van der Waals surface area contributed by atoms with Gasteiger partial charge in [-0.1, -0.05) is 48.5 Å². The van der Waals surface area contributed by atoms with Crippen LogP contribution in [0.25, 0.3) is 11.0 Å². The number of benzene rings is 3. The lowest BCUT2D eigenvalue weighted by Gasteiger charge is -2.19. The van der Waals surface area contributed by atoms with E-state index >= 15 is 0 Å². The molecule has 1 heterocycles. The molecule has 0 bridgehead atoms. The number of aromatic nitrogens is 2. The molecule has 0 aliphatic carbocycles. The molecular formula is C23H22N4O4S2. The number of hydrogen-bond donors (Lipinski definition) is 2. The van der Waals surface area contributed by atoms with Crippen molar-refractivity contribution in [2.24, 2.45) is 0 Å². The van der Waals surface area contributed by atoms with Crippen LogP contribution in [-0.2, 0) is 27.8 Å². The van der Waals surface area contributed by atoms with Gasteiger partial charge in [-0.2, -0.15) is 13.5 Å². The minimum Gasteiger partial charge on any atom is -0.497 e. The summed E-state index contributed by atoms with van der Waals surface area (Å²) >= 11 is 0.939. The van der Waals surface area contributed by atoms with Crippen LogP contribution in [0.15, 0.2) is 77.7 Å². The van der Waals surface area contributed by atoms with Crippen molar-refractivity contribution in [1.82, 2.24) is 18.8 Å². The summed E-state index contributed by atoms with van der Waals surface area (Å²) in [5, 5.41) is 2.83. The first-order valence-corrected chi connectivity index (χ1v) is 12.4. The zero-order valence-corrected chi connectivity index (χ0v) is 19.4. The lowest BCUT2D eigenvalue weighted by atomic mass is 10.1. The van der Waals surface area contributed by atoms with E-state index in [1.807, 2.05) is 42.5 Å². The van der Waals surface area contributed by atoms with Crippen LogP contribution in [0.3, 0.4) is 0 Å². The van der Waals surface area contributed by atoms with Gasteiger partial charge in [-0.25, -0.2) is 8.42 Å². The van der Waals surface area contributed by atoms with Crippen LogP contribution in [0.4, 0.5) is 0 Å². The van der Waals surface area contributed by atoms with Crippen LogP contribution in [-0.4, -0.2) is 36.2 Å². The van der Waals surface area contributed by atoms with E-state index < -0.39 is 22.0 Å². The molecule has 1 amide bonds. The first kappa shape index (κ1) is 22.8. The minimum absolute atomic E-state index is 0.00485. The van der Waals surface area contributed by atoms with Crippen LogP contribution < -0.4 is 14.8 Å². The number of carbonyl (C=O) groups excluding carboxylic acids is 1. The van der Waals surface area contributed by atoms with E-state index in [4.69, 9.17) is 4.74 Å². The molecule has 1 atom stereocenters. The Bertz CT molecular complexity index is 1340. The van der Waals surface area contributed by atoms with Gasteiger partial charge in [0.15, 0.2) is 0 Å². The topological polar surface area (TPSA) is 110 Å². The van der Waals surface area contributed by atoms with Crippen molar-refractivity contribution in [2.75, 3.05) is 7.11 Å². The molecule has 1 unspecified atom stereocenters. The van der Waals surface area contributed by atoms with E-state index in [9.17, 15) is 13.2 Å². The van der Waals surface area contributed by atoms with Crippen molar-refractivity contribution in [1.29, 1.82) is 0 Å². The molecule has 0 radical (unpaired) electrons. The smallest absolute Gasteiger partial charge is 0.243 e. The molecule has 4 rings (SSSR count). The van der Waals surface area contributed by atoms with Crippen LogP contribution in [0, 0.1) is 0 Å². The number of nitrogens with zero attached hydrogens (tertiary/aromatic N) is 2. The van der Waals surface area contributed by atoms with E-state index in [0.717, 1.165) is 22.9 Å². The number of amides is 1. The second-order valence-electron chi connectivity index (χ2n) is 7.32. The quantitative estimate of drug-likeness (QED) is 0.380. The second kappa shape index (κ2) is 10.1. The summed E-state index contributed by atoms with van der Waals surface area (Å²) in [5.74, 6) is 0.285. The molecule has 0 spiro atoms. The highest BCUT2D eigenvalue weighted by Crippen LogP contribution is 2.21. The number of sulfonamides is 1. The molecule has 4 aromatic rings. The lowest BCUT2D eigenvalue weighted by molar-refractivity contribution is -0.122. The van der Waals surface area contributed by atoms with Crippen molar-refractivity contribution < 1.29 is 17.9 Å². The second-order valence-corrected chi connectivity index (χ2v) is 9.53. The normalized spacial score (nSPS) is 12.4. The predicted octanol–water partition coefficient (Wildman–Crippen LogP) is 2.91. The van der Waals surface area contributed by atoms with Gasteiger partial charge in [0, 0.05) is 6.54 Å². The fourth-order valence-electron chi connectivity index (χ4n) is 3.34. The van der Waals surface area contributed by atoms with E-state index in [2.05, 4.69) is 18.8 Å². The van der Waals surface area contributed by atoms with E-state index in [0.29, 0.717) is 11.3 Å². The third-order valence-electron chi connectivity index (χ3n) is 5.06. The highest BCUT2D eigenvalue weighted by molar-refractivity contribution is 7.89. The van der Waals surface area contributed by atoms with Gasteiger partial charge >= 0.3 is 0 Å². The predicted molar refractivity (Wildman–Crippen MR) is 127 cm³/mol. The van der Waals surface area contributed by atoms with Crippen molar-refractivity contribution in [2.45, 2.75) is 23.9 Å². The number of rotatable bonds is 9. The molecule has 33 heavy (non-hydrogen) atoms. The third kappa shape index (κ3) is 5.54. The maximum absolute atomic E-state index is 13.2. The monoisotopic (exact) mass is 482 g/mol. The van der Waals surface area contributed by atoms with E-state index in [1.54, 1.807) is 31.4 Å². The van der Waals surface area contributed by atoms with Crippen molar-refractivity contribution in [3.05, 3.63) is 83.9 Å². The minimum atomic E-state index is -4.04. The Morgan fingerprint density at radius 2 is 1.73 bits per heavy atom. The Balaban J connectivity index is 1.56. The summed E-state index contributed by atoms with van der Waals surface area (Å²) in [5.41, 5.74) is 2.47. The third-order valence-corrected chi connectivity index (χ3v) is 7.11. The molecule has 10 heteroatoms. The van der Waals surface area contributed by atoms with Gasteiger partial charge in [-0.3, -0.25) is 4.79 Å². The standard InChI is InChI=1S/C23H22N4O4S2/c1-31-18-12-10-17(11-13-18)15-24-23(28)20(14-16-6-3-2-4-7-16)27-33(29,30)21-9-5-8-19-22(21)26-32-25-19/h2-13,20,27H,14-15H2,1H3,(H,24,28). The molecule has 0 aliphatic rings. The van der Waals surface area contributed by atoms with Gasteiger partial charge in [-0.05, 0) is 41.8 Å². The van der Waals surface area contributed by atoms with Gasteiger partial charge in [0.25, 0.3) is 0 Å². The van der Waals surface area contributed by atoms with Gasteiger partial charge in [-0.15, -0.1) is 0 Å². The summed E-state index contributed by atoms with van der Waals surface area (Å²) in [6.07, 6.45) is 0.194. The molecule has 0 fully saturated rings. The zero-order chi connectivity index (χ0) is 23.3. The van der Waals surface area contributed by atoms with Crippen LogP contribution in [0.1, 0.15) is 11.1 Å². The number of fused-ring (bicyclic) bond motifs is 1. The molecule has 170 valence electrons. The summed E-state index contributed by atoms with van der Waals surface area (Å²) in [4.78, 5) is 13.1. The van der Waals surface area contributed by atoms with Crippen molar-refractivity contribution in [3.8, 4) is 5.75 Å². The highest BCUT2D eigenvalue weighted by Gasteiger charge is 2.28. The average Bonchev–Trinajstić information content (AvgIpc) is 3.32. The number of methoxy groups -OCH3 is 1.